The lowest BCUT2D eigenvalue weighted by Gasteiger charge is -2.00. The average Bonchev–Trinajstić information content (AvgIpc) is 2.71. The smallest absolute Gasteiger partial charge is 0.138 e. The number of hydrogen-bond acceptors (Lipinski definition) is 2. The first-order valence-electron chi connectivity index (χ1n) is 3.90. The molecule has 0 radical (unpaired) electrons. The molecule has 1 aromatic carbocycles. The Morgan fingerprint density at radius 2 is 1.93 bits per heavy atom. The third-order valence-electron chi connectivity index (χ3n) is 1.77. The lowest BCUT2D eigenvalue weighted by atomic mass is 10.2. The number of aromatic nitrogens is 3. The summed E-state index contributed by atoms with van der Waals surface area (Å²) in [6, 6.07) is 8.16. The second kappa shape index (κ2) is 5.26. The fraction of sp³-hybridized carbons (Fsp3) is 0.111. The first kappa shape index (κ1) is 11.4. The van der Waals surface area contributed by atoms with E-state index in [1.165, 1.54) is 11.9 Å². The minimum Gasteiger partial charge on any atom is -0.223 e. The molecule has 3 nitrogen and oxygen atoms in total. The van der Waals surface area contributed by atoms with Gasteiger partial charge in [-0.1, -0.05) is 28.1 Å². The fourth-order valence-corrected chi connectivity index (χ4v) is 1.45. The van der Waals surface area contributed by atoms with E-state index < -0.39 is 0 Å². The Bertz CT molecular complexity index is 369. The molecule has 5 heteroatoms. The molecular weight excluding hydrogens is 310 g/mol. The first-order valence-corrected chi connectivity index (χ1v) is 5.02. The Balaban J connectivity index is 0.000000980. The maximum Gasteiger partial charge on any atom is 0.138 e. The molecule has 0 bridgehead atoms. The number of hydrogen-bond donors (Lipinski definition) is 0. The highest BCUT2D eigenvalue weighted by Gasteiger charge is 1.95. The zero-order valence-electron chi connectivity index (χ0n) is 7.30. The Kier molecular flexibility index (Phi) is 4.28. The van der Waals surface area contributed by atoms with Crippen molar-refractivity contribution in [3.63, 3.8) is 0 Å². The predicted molar refractivity (Wildman–Crippen MR) is 64.3 cm³/mol. The predicted octanol–water partition coefficient (Wildman–Crippen LogP) is 2.74. The zero-order valence-corrected chi connectivity index (χ0v) is 10.6. The Morgan fingerprint density at radius 1 is 1.21 bits per heavy atom. The van der Waals surface area contributed by atoms with Crippen molar-refractivity contribution in [2.24, 2.45) is 0 Å². The van der Waals surface area contributed by atoms with Gasteiger partial charge >= 0.3 is 0 Å². The van der Waals surface area contributed by atoms with Crippen LogP contribution in [-0.2, 0) is 5.33 Å². The van der Waals surface area contributed by atoms with E-state index in [0.29, 0.717) is 0 Å². The van der Waals surface area contributed by atoms with Gasteiger partial charge in [0.15, 0.2) is 0 Å². The number of alkyl halides is 1. The van der Waals surface area contributed by atoms with Crippen LogP contribution in [-0.4, -0.2) is 14.8 Å². The zero-order chi connectivity index (χ0) is 9.10. The van der Waals surface area contributed by atoms with Gasteiger partial charge in [-0.2, -0.15) is 5.10 Å². The van der Waals surface area contributed by atoms with Crippen molar-refractivity contribution >= 4 is 32.9 Å². The van der Waals surface area contributed by atoms with Crippen molar-refractivity contribution in [1.29, 1.82) is 0 Å². The van der Waals surface area contributed by atoms with Crippen LogP contribution in [0.3, 0.4) is 0 Å². The monoisotopic (exact) mass is 317 g/mol. The third kappa shape index (κ3) is 2.42. The molecule has 0 aliphatic heterocycles. The van der Waals surface area contributed by atoms with Crippen LogP contribution in [0.1, 0.15) is 5.56 Å². The molecule has 0 spiro atoms. The number of benzene rings is 1. The van der Waals surface area contributed by atoms with Crippen LogP contribution in [0.2, 0.25) is 0 Å². The van der Waals surface area contributed by atoms with E-state index in [1.54, 1.807) is 11.0 Å². The van der Waals surface area contributed by atoms with Crippen molar-refractivity contribution in [1.82, 2.24) is 14.8 Å². The highest BCUT2D eigenvalue weighted by molar-refractivity contribution is 9.08. The van der Waals surface area contributed by atoms with E-state index in [-0.39, 0.29) is 17.0 Å². The van der Waals surface area contributed by atoms with Gasteiger partial charge in [-0.25, -0.2) is 9.67 Å². The summed E-state index contributed by atoms with van der Waals surface area (Å²) in [5, 5.41) is 4.92. The van der Waals surface area contributed by atoms with Crippen LogP contribution >= 0.6 is 32.9 Å². The summed E-state index contributed by atoms with van der Waals surface area (Å²) in [7, 11) is 0. The molecule has 1 heterocycles. The highest BCUT2D eigenvalue weighted by atomic mass is 79.9. The van der Waals surface area contributed by atoms with Crippen LogP contribution in [0.5, 0.6) is 0 Å². The first-order chi connectivity index (χ1) is 6.40. The van der Waals surface area contributed by atoms with E-state index in [4.69, 9.17) is 0 Å². The molecule has 0 aliphatic carbocycles. The summed E-state index contributed by atoms with van der Waals surface area (Å²) in [5.74, 6) is 0. The van der Waals surface area contributed by atoms with Crippen molar-refractivity contribution in [2.45, 2.75) is 5.33 Å². The van der Waals surface area contributed by atoms with Crippen LogP contribution in [0, 0.1) is 0 Å². The van der Waals surface area contributed by atoms with Crippen molar-refractivity contribution in [3.8, 4) is 5.69 Å². The number of nitrogens with zero attached hydrogens (tertiary/aromatic N) is 3. The molecule has 0 unspecified atom stereocenters. The van der Waals surface area contributed by atoms with Crippen LogP contribution < -0.4 is 0 Å². The molecule has 1 aromatic heterocycles. The summed E-state index contributed by atoms with van der Waals surface area (Å²) in [6.07, 6.45) is 3.21. The average molecular weight is 319 g/mol. The lowest BCUT2D eigenvalue weighted by molar-refractivity contribution is 0.878. The minimum atomic E-state index is 0. The molecule has 0 N–H and O–H groups in total. The van der Waals surface area contributed by atoms with E-state index in [0.717, 1.165) is 11.0 Å². The second-order valence-corrected chi connectivity index (χ2v) is 3.20. The summed E-state index contributed by atoms with van der Waals surface area (Å²) in [4.78, 5) is 3.88. The molecular formula is C9H9Br2N3. The Hall–Kier alpha value is -0.680. The molecule has 0 saturated heterocycles. The molecule has 0 aliphatic rings. The second-order valence-electron chi connectivity index (χ2n) is 2.64. The summed E-state index contributed by atoms with van der Waals surface area (Å²) in [6.45, 7) is 0. The van der Waals surface area contributed by atoms with Gasteiger partial charge in [0, 0.05) is 5.33 Å². The summed E-state index contributed by atoms with van der Waals surface area (Å²) in [5.41, 5.74) is 2.28. The molecule has 0 atom stereocenters. The van der Waals surface area contributed by atoms with E-state index in [1.807, 2.05) is 12.1 Å². The van der Waals surface area contributed by atoms with Gasteiger partial charge in [0.2, 0.25) is 0 Å². The van der Waals surface area contributed by atoms with Crippen LogP contribution in [0.15, 0.2) is 36.9 Å². The van der Waals surface area contributed by atoms with Crippen molar-refractivity contribution < 1.29 is 0 Å². The van der Waals surface area contributed by atoms with E-state index in [2.05, 4.69) is 38.1 Å². The molecule has 0 fully saturated rings. The Labute approximate surface area is 101 Å². The summed E-state index contributed by atoms with van der Waals surface area (Å²) < 4.78 is 1.73. The highest BCUT2D eigenvalue weighted by Crippen LogP contribution is 2.10. The van der Waals surface area contributed by atoms with Gasteiger partial charge in [0.05, 0.1) is 5.69 Å². The molecule has 2 aromatic rings. The van der Waals surface area contributed by atoms with Crippen LogP contribution in [0.4, 0.5) is 0 Å². The van der Waals surface area contributed by atoms with Gasteiger partial charge in [-0.3, -0.25) is 0 Å². The Morgan fingerprint density at radius 3 is 2.43 bits per heavy atom. The normalized spacial score (nSPS) is 9.50. The molecule has 0 saturated carbocycles. The molecule has 14 heavy (non-hydrogen) atoms. The van der Waals surface area contributed by atoms with Gasteiger partial charge in [-0.15, -0.1) is 17.0 Å². The van der Waals surface area contributed by atoms with Gasteiger partial charge in [0.25, 0.3) is 0 Å². The standard InChI is InChI=1S/C9H8BrN3.BrH/c10-5-8-1-3-9(4-2-8)13-7-11-6-12-13;/h1-4,6-7H,5H2;1H. The van der Waals surface area contributed by atoms with E-state index in [9.17, 15) is 0 Å². The number of rotatable bonds is 2. The molecule has 0 amide bonds. The summed E-state index contributed by atoms with van der Waals surface area (Å²) >= 11 is 3.40. The largest absolute Gasteiger partial charge is 0.223 e. The lowest BCUT2D eigenvalue weighted by Crippen LogP contribution is -1.93. The maximum atomic E-state index is 4.04. The molecule has 2 rings (SSSR count). The van der Waals surface area contributed by atoms with Gasteiger partial charge in [0.1, 0.15) is 12.7 Å². The number of halogens is 2. The van der Waals surface area contributed by atoms with E-state index >= 15 is 0 Å². The van der Waals surface area contributed by atoms with Gasteiger partial charge in [-0.05, 0) is 17.7 Å². The molecule has 74 valence electrons. The van der Waals surface area contributed by atoms with Crippen molar-refractivity contribution in [3.05, 3.63) is 42.5 Å². The minimum absolute atomic E-state index is 0. The maximum absolute atomic E-state index is 4.04. The third-order valence-corrected chi connectivity index (χ3v) is 2.42. The van der Waals surface area contributed by atoms with Crippen LogP contribution in [0.25, 0.3) is 5.69 Å². The fourth-order valence-electron chi connectivity index (χ4n) is 1.08. The van der Waals surface area contributed by atoms with Crippen molar-refractivity contribution in [2.75, 3.05) is 0 Å². The quantitative estimate of drug-likeness (QED) is 0.797. The topological polar surface area (TPSA) is 30.7 Å². The van der Waals surface area contributed by atoms with Gasteiger partial charge < -0.3 is 0 Å². The SMILES string of the molecule is Br.BrCc1ccc(-n2cncn2)cc1.